The van der Waals surface area contributed by atoms with Crippen LogP contribution >= 0.6 is 0 Å². The molecule has 4 heteroatoms. The number of carbonyl (C=O) groups excluding carboxylic acids is 1. The summed E-state index contributed by atoms with van der Waals surface area (Å²) in [5.74, 6) is -0.989. The van der Waals surface area contributed by atoms with Gasteiger partial charge >= 0.3 is 5.97 Å². The molecule has 1 rings (SSSR count). The van der Waals surface area contributed by atoms with Gasteiger partial charge in [0, 0.05) is 0 Å². The zero-order valence-corrected chi connectivity index (χ0v) is 9.87. The SMILES string of the molecule is CCOC(=O)C(C#N)(CC)c1ccc(F)cc1. The first-order chi connectivity index (χ1) is 8.10. The Morgan fingerprint density at radius 3 is 2.41 bits per heavy atom. The van der Waals surface area contributed by atoms with Crippen LogP contribution in [0.2, 0.25) is 0 Å². The van der Waals surface area contributed by atoms with E-state index in [1.165, 1.54) is 24.3 Å². The molecule has 0 fully saturated rings. The predicted octanol–water partition coefficient (Wildman–Crippen LogP) is 2.56. The average Bonchev–Trinajstić information content (AvgIpc) is 2.34. The molecule has 1 unspecified atom stereocenters. The Morgan fingerprint density at radius 2 is 2.00 bits per heavy atom. The van der Waals surface area contributed by atoms with Crippen molar-refractivity contribution < 1.29 is 13.9 Å². The zero-order chi connectivity index (χ0) is 12.9. The minimum Gasteiger partial charge on any atom is -0.465 e. The molecule has 90 valence electrons. The maximum atomic E-state index is 12.8. The van der Waals surface area contributed by atoms with Crippen molar-refractivity contribution in [2.24, 2.45) is 0 Å². The van der Waals surface area contributed by atoms with Gasteiger partial charge in [0.1, 0.15) is 5.82 Å². The van der Waals surface area contributed by atoms with Gasteiger partial charge in [0.05, 0.1) is 12.7 Å². The molecule has 0 spiro atoms. The summed E-state index contributed by atoms with van der Waals surface area (Å²) in [7, 11) is 0. The molecular weight excluding hydrogens is 221 g/mol. The minimum atomic E-state index is -1.34. The second-order valence-electron chi connectivity index (χ2n) is 3.60. The van der Waals surface area contributed by atoms with Crippen molar-refractivity contribution >= 4 is 5.97 Å². The van der Waals surface area contributed by atoms with E-state index in [-0.39, 0.29) is 13.0 Å². The van der Waals surface area contributed by atoms with Crippen LogP contribution in [-0.2, 0) is 14.9 Å². The van der Waals surface area contributed by atoms with Crippen molar-refractivity contribution in [3.8, 4) is 6.07 Å². The summed E-state index contributed by atoms with van der Waals surface area (Å²) < 4.78 is 17.8. The largest absolute Gasteiger partial charge is 0.465 e. The van der Waals surface area contributed by atoms with Crippen LogP contribution in [0.4, 0.5) is 4.39 Å². The van der Waals surface area contributed by atoms with Crippen LogP contribution in [0, 0.1) is 17.1 Å². The number of nitriles is 1. The molecular formula is C13H14FNO2. The first-order valence-corrected chi connectivity index (χ1v) is 5.45. The van der Waals surface area contributed by atoms with Crippen LogP contribution < -0.4 is 0 Å². The van der Waals surface area contributed by atoms with Crippen LogP contribution in [0.1, 0.15) is 25.8 Å². The van der Waals surface area contributed by atoms with Crippen molar-refractivity contribution in [3.63, 3.8) is 0 Å². The Morgan fingerprint density at radius 1 is 1.41 bits per heavy atom. The molecule has 1 aromatic carbocycles. The van der Waals surface area contributed by atoms with Crippen molar-refractivity contribution in [1.82, 2.24) is 0 Å². The van der Waals surface area contributed by atoms with Gasteiger partial charge in [0.2, 0.25) is 0 Å². The highest BCUT2D eigenvalue weighted by Crippen LogP contribution is 2.29. The van der Waals surface area contributed by atoms with Crippen molar-refractivity contribution in [1.29, 1.82) is 5.26 Å². The number of rotatable bonds is 4. The molecule has 0 saturated carbocycles. The smallest absolute Gasteiger partial charge is 0.331 e. The number of hydrogen-bond donors (Lipinski definition) is 0. The molecule has 0 aliphatic rings. The van der Waals surface area contributed by atoms with E-state index in [1.807, 2.05) is 6.07 Å². The van der Waals surface area contributed by atoms with Gasteiger partial charge < -0.3 is 4.74 Å². The van der Waals surface area contributed by atoms with Gasteiger partial charge in [-0.25, -0.2) is 9.18 Å². The lowest BCUT2D eigenvalue weighted by Gasteiger charge is -2.23. The van der Waals surface area contributed by atoms with E-state index in [0.717, 1.165) is 0 Å². The van der Waals surface area contributed by atoms with E-state index in [0.29, 0.717) is 5.56 Å². The van der Waals surface area contributed by atoms with Gasteiger partial charge in [-0.1, -0.05) is 19.1 Å². The third-order valence-corrected chi connectivity index (χ3v) is 2.68. The Hall–Kier alpha value is -1.89. The zero-order valence-electron chi connectivity index (χ0n) is 9.87. The highest BCUT2D eigenvalue weighted by atomic mass is 19.1. The lowest BCUT2D eigenvalue weighted by Crippen LogP contribution is -2.35. The van der Waals surface area contributed by atoms with Gasteiger partial charge in [-0.2, -0.15) is 5.26 Å². The lowest BCUT2D eigenvalue weighted by molar-refractivity contribution is -0.148. The number of nitrogens with zero attached hydrogens (tertiary/aromatic N) is 1. The number of halogens is 1. The summed E-state index contributed by atoms with van der Waals surface area (Å²) >= 11 is 0. The fraction of sp³-hybridized carbons (Fsp3) is 0.385. The second kappa shape index (κ2) is 5.44. The van der Waals surface area contributed by atoms with E-state index in [4.69, 9.17) is 4.74 Å². The van der Waals surface area contributed by atoms with Crippen molar-refractivity contribution in [2.45, 2.75) is 25.7 Å². The molecule has 3 nitrogen and oxygen atoms in total. The number of carbonyl (C=O) groups is 1. The summed E-state index contributed by atoms with van der Waals surface area (Å²) in [6, 6.07) is 7.34. The molecule has 0 aromatic heterocycles. The first kappa shape index (κ1) is 13.2. The summed E-state index contributed by atoms with van der Waals surface area (Å²) in [4.78, 5) is 11.9. The Bertz CT molecular complexity index is 436. The van der Waals surface area contributed by atoms with Crippen molar-refractivity contribution in [2.75, 3.05) is 6.61 Å². The highest BCUT2D eigenvalue weighted by molar-refractivity contribution is 5.86. The molecule has 0 saturated heterocycles. The standard InChI is InChI=1S/C13H14FNO2/c1-3-13(9-15,12(16)17-4-2)10-5-7-11(14)8-6-10/h5-8H,3-4H2,1-2H3. The molecule has 1 atom stereocenters. The maximum absolute atomic E-state index is 12.8. The topological polar surface area (TPSA) is 50.1 Å². The number of benzene rings is 1. The van der Waals surface area contributed by atoms with Gasteiger partial charge in [-0.15, -0.1) is 0 Å². The third-order valence-electron chi connectivity index (χ3n) is 2.68. The molecule has 0 amide bonds. The first-order valence-electron chi connectivity index (χ1n) is 5.45. The van der Waals surface area contributed by atoms with Crippen LogP contribution in [0.25, 0.3) is 0 Å². The Balaban J connectivity index is 3.21. The van der Waals surface area contributed by atoms with Crippen LogP contribution in [-0.4, -0.2) is 12.6 Å². The maximum Gasteiger partial charge on any atom is 0.331 e. The summed E-state index contributed by atoms with van der Waals surface area (Å²) in [5, 5.41) is 9.25. The van der Waals surface area contributed by atoms with Crippen molar-refractivity contribution in [3.05, 3.63) is 35.6 Å². The van der Waals surface area contributed by atoms with Crippen LogP contribution in [0.5, 0.6) is 0 Å². The van der Waals surface area contributed by atoms with E-state index >= 15 is 0 Å². The Kier molecular flexibility index (Phi) is 4.22. The van der Waals surface area contributed by atoms with E-state index in [2.05, 4.69) is 0 Å². The van der Waals surface area contributed by atoms with Gasteiger partial charge in [0.25, 0.3) is 0 Å². The summed E-state index contributed by atoms with van der Waals surface area (Å²) in [6.07, 6.45) is 0.286. The third kappa shape index (κ3) is 2.44. The molecule has 0 N–H and O–H groups in total. The molecule has 1 aromatic rings. The van der Waals surface area contributed by atoms with Crippen LogP contribution in [0.15, 0.2) is 24.3 Å². The number of ether oxygens (including phenoxy) is 1. The average molecular weight is 235 g/mol. The normalized spacial score (nSPS) is 13.5. The second-order valence-corrected chi connectivity index (χ2v) is 3.60. The fourth-order valence-electron chi connectivity index (χ4n) is 1.64. The Labute approximate surface area is 99.8 Å². The molecule has 0 heterocycles. The summed E-state index contributed by atoms with van der Waals surface area (Å²) in [5.41, 5.74) is -0.883. The lowest BCUT2D eigenvalue weighted by atomic mass is 9.79. The fourth-order valence-corrected chi connectivity index (χ4v) is 1.64. The quantitative estimate of drug-likeness (QED) is 0.753. The van der Waals surface area contributed by atoms with Gasteiger partial charge in [-0.05, 0) is 31.0 Å². The molecule has 0 aliphatic heterocycles. The molecule has 0 bridgehead atoms. The number of hydrogen-bond acceptors (Lipinski definition) is 3. The van der Waals surface area contributed by atoms with Crippen LogP contribution in [0.3, 0.4) is 0 Å². The molecule has 0 aliphatic carbocycles. The molecule has 17 heavy (non-hydrogen) atoms. The minimum absolute atomic E-state index is 0.212. The van der Waals surface area contributed by atoms with Gasteiger partial charge in [-0.3, -0.25) is 0 Å². The van der Waals surface area contributed by atoms with E-state index < -0.39 is 17.2 Å². The van der Waals surface area contributed by atoms with Gasteiger partial charge in [0.15, 0.2) is 5.41 Å². The highest BCUT2D eigenvalue weighted by Gasteiger charge is 2.40. The van der Waals surface area contributed by atoms with E-state index in [1.54, 1.807) is 13.8 Å². The predicted molar refractivity (Wildman–Crippen MR) is 60.6 cm³/mol. The molecule has 0 radical (unpaired) electrons. The van der Waals surface area contributed by atoms with E-state index in [9.17, 15) is 14.4 Å². The monoisotopic (exact) mass is 235 g/mol. The summed E-state index contributed by atoms with van der Waals surface area (Å²) in [6.45, 7) is 3.62. The number of esters is 1.